The minimum Gasteiger partial charge on any atom is -0.457 e. The molecule has 0 unspecified atom stereocenters. The highest BCUT2D eigenvalue weighted by atomic mass is 79.9. The van der Waals surface area contributed by atoms with Gasteiger partial charge in [-0.25, -0.2) is 4.99 Å². The molecule has 1 fully saturated rings. The number of aliphatic imine (C=N–C) groups is 1. The number of amides is 1. The van der Waals surface area contributed by atoms with Crippen LogP contribution in [0.3, 0.4) is 0 Å². The topological polar surface area (TPSA) is 54.6 Å². The van der Waals surface area contributed by atoms with Crippen LogP contribution in [0.2, 0.25) is 0 Å². The highest BCUT2D eigenvalue weighted by Crippen LogP contribution is 2.31. The van der Waals surface area contributed by atoms with E-state index in [0.717, 1.165) is 32.6 Å². The Kier molecular flexibility index (Phi) is 5.24. The Balaban J connectivity index is 1.56. The average Bonchev–Trinajstić information content (AvgIpc) is 3.26. The van der Waals surface area contributed by atoms with Crippen molar-refractivity contribution in [3.63, 3.8) is 0 Å². The molecule has 28 heavy (non-hydrogen) atoms. The summed E-state index contributed by atoms with van der Waals surface area (Å²) < 4.78 is 6.90. The van der Waals surface area contributed by atoms with Crippen molar-refractivity contribution in [1.82, 2.24) is 5.32 Å². The number of halogens is 1. The summed E-state index contributed by atoms with van der Waals surface area (Å²) in [7, 11) is 0. The standard InChI is InChI=1S/C22H17BrN2O2S/c1-13-3-4-14(2)18(11-13)24-22-25-21(26)20(28-22)12-17-9-10-19(27-17)15-5-7-16(23)8-6-15/h3-12H,1-2H3,(H,24,25,26)/b20-12+. The van der Waals surface area contributed by atoms with Crippen molar-refractivity contribution in [2.24, 2.45) is 4.99 Å². The van der Waals surface area contributed by atoms with Gasteiger partial charge in [-0.1, -0.05) is 40.2 Å². The van der Waals surface area contributed by atoms with Crippen molar-refractivity contribution in [2.45, 2.75) is 13.8 Å². The van der Waals surface area contributed by atoms with Gasteiger partial charge in [0.15, 0.2) is 5.17 Å². The second-order valence-corrected chi connectivity index (χ2v) is 8.43. The van der Waals surface area contributed by atoms with Crippen molar-refractivity contribution in [3.05, 3.63) is 80.9 Å². The quantitative estimate of drug-likeness (QED) is 0.480. The minimum absolute atomic E-state index is 0.171. The molecular weight excluding hydrogens is 436 g/mol. The number of hydrogen-bond acceptors (Lipinski definition) is 4. The lowest BCUT2D eigenvalue weighted by Crippen LogP contribution is -2.19. The molecule has 0 atom stereocenters. The van der Waals surface area contributed by atoms with Crippen LogP contribution < -0.4 is 5.32 Å². The van der Waals surface area contributed by atoms with E-state index in [1.54, 1.807) is 6.08 Å². The fraction of sp³-hybridized carbons (Fsp3) is 0.0909. The summed E-state index contributed by atoms with van der Waals surface area (Å²) in [5.41, 5.74) is 4.04. The number of hydrogen-bond donors (Lipinski definition) is 1. The summed E-state index contributed by atoms with van der Waals surface area (Å²) in [5.74, 6) is 1.21. The Morgan fingerprint density at radius 3 is 2.64 bits per heavy atom. The highest BCUT2D eigenvalue weighted by molar-refractivity contribution is 9.10. The number of carbonyl (C=O) groups is 1. The van der Waals surface area contributed by atoms with E-state index in [4.69, 9.17) is 4.42 Å². The van der Waals surface area contributed by atoms with E-state index in [9.17, 15) is 4.79 Å². The minimum atomic E-state index is -0.171. The predicted octanol–water partition coefficient (Wildman–Crippen LogP) is 6.22. The van der Waals surface area contributed by atoms with Crippen molar-refractivity contribution in [1.29, 1.82) is 0 Å². The van der Waals surface area contributed by atoms with Gasteiger partial charge in [0.2, 0.25) is 0 Å². The molecule has 1 N–H and O–H groups in total. The lowest BCUT2D eigenvalue weighted by Gasteiger charge is -2.02. The van der Waals surface area contributed by atoms with E-state index in [1.165, 1.54) is 11.8 Å². The van der Waals surface area contributed by atoms with Crippen LogP contribution in [0.25, 0.3) is 17.4 Å². The molecule has 0 bridgehead atoms. The third-order valence-electron chi connectivity index (χ3n) is 4.27. The number of aryl methyl sites for hydroxylation is 2. The van der Waals surface area contributed by atoms with Crippen molar-refractivity contribution in [2.75, 3.05) is 0 Å². The SMILES string of the molecule is Cc1ccc(C)c(N=C2NC(=O)/C(=C\c3ccc(-c4ccc(Br)cc4)o3)S2)c1. The first-order valence-electron chi connectivity index (χ1n) is 8.70. The van der Waals surface area contributed by atoms with Crippen LogP contribution in [0.5, 0.6) is 0 Å². The Hall–Kier alpha value is -2.57. The summed E-state index contributed by atoms with van der Waals surface area (Å²) in [6, 6.07) is 17.7. The van der Waals surface area contributed by atoms with Gasteiger partial charge < -0.3 is 9.73 Å². The van der Waals surface area contributed by atoms with Crippen LogP contribution in [0, 0.1) is 13.8 Å². The first-order valence-corrected chi connectivity index (χ1v) is 10.3. The van der Waals surface area contributed by atoms with E-state index in [-0.39, 0.29) is 5.91 Å². The number of nitrogens with zero attached hydrogens (tertiary/aromatic N) is 1. The molecule has 1 aliphatic rings. The molecule has 2 aromatic carbocycles. The molecule has 140 valence electrons. The Labute approximate surface area is 175 Å². The maximum absolute atomic E-state index is 12.3. The summed E-state index contributed by atoms with van der Waals surface area (Å²) >= 11 is 4.74. The molecule has 1 aromatic heterocycles. The van der Waals surface area contributed by atoms with E-state index in [0.29, 0.717) is 15.8 Å². The van der Waals surface area contributed by atoms with Crippen LogP contribution in [0.1, 0.15) is 16.9 Å². The molecular formula is C22H17BrN2O2S. The van der Waals surface area contributed by atoms with Gasteiger partial charge in [0.25, 0.3) is 5.91 Å². The Bertz CT molecular complexity index is 1110. The number of benzene rings is 2. The van der Waals surface area contributed by atoms with Gasteiger partial charge in [0, 0.05) is 16.1 Å². The van der Waals surface area contributed by atoms with Gasteiger partial charge in [-0.15, -0.1) is 0 Å². The summed E-state index contributed by atoms with van der Waals surface area (Å²) in [6.45, 7) is 4.03. The normalized spacial score (nSPS) is 16.8. The Morgan fingerprint density at radius 1 is 1.07 bits per heavy atom. The fourth-order valence-electron chi connectivity index (χ4n) is 2.76. The largest absolute Gasteiger partial charge is 0.457 e. The summed E-state index contributed by atoms with van der Waals surface area (Å²) in [5, 5.41) is 3.40. The molecule has 2 heterocycles. The second-order valence-electron chi connectivity index (χ2n) is 6.48. The number of furan rings is 1. The van der Waals surface area contributed by atoms with Crippen molar-refractivity contribution >= 4 is 50.5 Å². The molecule has 1 aliphatic heterocycles. The van der Waals surface area contributed by atoms with E-state index < -0.39 is 0 Å². The van der Waals surface area contributed by atoms with Crippen LogP contribution in [0.4, 0.5) is 5.69 Å². The maximum Gasteiger partial charge on any atom is 0.264 e. The van der Waals surface area contributed by atoms with Crippen LogP contribution in [0.15, 0.2) is 73.4 Å². The van der Waals surface area contributed by atoms with Crippen LogP contribution >= 0.6 is 27.7 Å². The zero-order chi connectivity index (χ0) is 19.7. The van der Waals surface area contributed by atoms with Crippen LogP contribution in [-0.4, -0.2) is 11.1 Å². The van der Waals surface area contributed by atoms with Crippen molar-refractivity contribution < 1.29 is 9.21 Å². The lowest BCUT2D eigenvalue weighted by molar-refractivity contribution is -0.115. The van der Waals surface area contributed by atoms with Gasteiger partial charge >= 0.3 is 0 Å². The number of thioether (sulfide) groups is 1. The van der Waals surface area contributed by atoms with Crippen LogP contribution in [-0.2, 0) is 4.79 Å². The highest BCUT2D eigenvalue weighted by Gasteiger charge is 2.24. The predicted molar refractivity (Wildman–Crippen MR) is 119 cm³/mol. The van der Waals surface area contributed by atoms with E-state index >= 15 is 0 Å². The lowest BCUT2D eigenvalue weighted by atomic mass is 10.1. The molecule has 0 aliphatic carbocycles. The van der Waals surface area contributed by atoms with Gasteiger partial charge in [0.05, 0.1) is 10.6 Å². The monoisotopic (exact) mass is 452 g/mol. The second kappa shape index (κ2) is 7.81. The van der Waals surface area contributed by atoms with Crippen molar-refractivity contribution in [3.8, 4) is 11.3 Å². The zero-order valence-electron chi connectivity index (χ0n) is 15.3. The number of rotatable bonds is 3. The molecule has 4 rings (SSSR count). The zero-order valence-corrected chi connectivity index (χ0v) is 17.7. The maximum atomic E-state index is 12.3. The Morgan fingerprint density at radius 2 is 1.86 bits per heavy atom. The fourth-order valence-corrected chi connectivity index (χ4v) is 3.84. The van der Waals surface area contributed by atoms with Gasteiger partial charge in [-0.05, 0) is 67.1 Å². The first-order chi connectivity index (χ1) is 13.5. The number of amidine groups is 1. The summed E-state index contributed by atoms with van der Waals surface area (Å²) in [6.07, 6.45) is 1.74. The smallest absolute Gasteiger partial charge is 0.264 e. The molecule has 0 saturated carbocycles. The number of nitrogens with one attached hydrogen (secondary N) is 1. The summed E-state index contributed by atoms with van der Waals surface area (Å²) in [4.78, 5) is 17.5. The van der Waals surface area contributed by atoms with Gasteiger partial charge in [-0.3, -0.25) is 4.79 Å². The molecule has 6 heteroatoms. The third kappa shape index (κ3) is 4.13. The van der Waals surface area contributed by atoms with Gasteiger partial charge in [0.1, 0.15) is 11.5 Å². The van der Waals surface area contributed by atoms with Gasteiger partial charge in [-0.2, -0.15) is 0 Å². The molecule has 1 saturated heterocycles. The van der Waals surface area contributed by atoms with E-state index in [2.05, 4.69) is 26.2 Å². The average molecular weight is 453 g/mol. The molecule has 4 nitrogen and oxygen atoms in total. The van der Waals surface area contributed by atoms with E-state index in [1.807, 2.05) is 68.4 Å². The molecule has 0 radical (unpaired) electrons. The molecule has 1 amide bonds. The first kappa shape index (κ1) is 18.8. The third-order valence-corrected chi connectivity index (χ3v) is 5.70. The number of carbonyl (C=O) groups excluding carboxylic acids is 1. The molecule has 3 aromatic rings. The molecule has 0 spiro atoms.